The van der Waals surface area contributed by atoms with E-state index in [9.17, 15) is 19.2 Å². The number of aromatic amines is 2. The van der Waals surface area contributed by atoms with Crippen LogP contribution >= 0.6 is 0 Å². The minimum atomic E-state index is -0.644. The topological polar surface area (TPSA) is 175 Å². The number of carbonyl (C=O) groups is 4. The van der Waals surface area contributed by atoms with Gasteiger partial charge in [0.2, 0.25) is 11.8 Å². The first-order valence-corrected chi connectivity index (χ1v) is 20.3. The summed E-state index contributed by atoms with van der Waals surface area (Å²) >= 11 is 0. The van der Waals surface area contributed by atoms with Gasteiger partial charge in [0.25, 0.3) is 0 Å². The molecule has 0 radical (unpaired) electrons. The number of rotatable bonds is 11. The third-order valence-corrected chi connectivity index (χ3v) is 12.6. The molecule has 0 unspecified atom stereocenters. The Morgan fingerprint density at radius 1 is 0.638 bits per heavy atom. The van der Waals surface area contributed by atoms with Crippen LogP contribution in [0.25, 0.3) is 44.4 Å². The maximum atomic E-state index is 13.6. The molecular weight excluding hydrogens is 737 g/mol. The molecule has 2 aromatic heterocycles. The van der Waals surface area contributed by atoms with E-state index in [4.69, 9.17) is 19.4 Å². The van der Waals surface area contributed by atoms with Gasteiger partial charge in [-0.05, 0) is 90.0 Å². The van der Waals surface area contributed by atoms with Gasteiger partial charge in [-0.1, -0.05) is 62.4 Å². The molecule has 2 saturated carbocycles. The van der Waals surface area contributed by atoms with Crippen LogP contribution in [0.3, 0.4) is 0 Å². The lowest BCUT2D eigenvalue weighted by Crippen LogP contribution is -2.49. The van der Waals surface area contributed by atoms with E-state index in [0.29, 0.717) is 24.7 Å². The number of hydrogen-bond donors (Lipinski definition) is 4. The second-order valence-corrected chi connectivity index (χ2v) is 16.0. The van der Waals surface area contributed by atoms with E-state index in [1.165, 1.54) is 14.2 Å². The molecule has 4 amide bonds. The first-order valence-electron chi connectivity index (χ1n) is 20.3. The van der Waals surface area contributed by atoms with Gasteiger partial charge < -0.3 is 39.9 Å². The fourth-order valence-electron chi connectivity index (χ4n) is 9.21. The third kappa shape index (κ3) is 6.83. The number of methoxy groups -OCH3 is 2. The number of H-pyrrole nitrogens is 2. The van der Waals surface area contributed by atoms with Gasteiger partial charge in [0.1, 0.15) is 23.7 Å². The Balaban J connectivity index is 0.876. The number of nitrogens with zero attached hydrogens (tertiary/aromatic N) is 4. The van der Waals surface area contributed by atoms with Crippen LogP contribution in [0.1, 0.15) is 76.1 Å². The number of nitrogens with one attached hydrogen (secondary N) is 4. The van der Waals surface area contributed by atoms with Crippen LogP contribution in [0.15, 0.2) is 73.1 Å². The van der Waals surface area contributed by atoms with E-state index in [0.717, 1.165) is 81.7 Å². The summed E-state index contributed by atoms with van der Waals surface area (Å²) in [6, 6.07) is 19.9. The Bertz CT molecular complexity index is 2390. The highest BCUT2D eigenvalue weighted by atomic mass is 16.5. The van der Waals surface area contributed by atoms with Crippen LogP contribution in [-0.2, 0) is 19.1 Å². The first kappa shape index (κ1) is 37.4. The van der Waals surface area contributed by atoms with Crippen LogP contribution in [0, 0.1) is 11.8 Å². The van der Waals surface area contributed by atoms with E-state index in [1.54, 1.807) is 0 Å². The van der Waals surface area contributed by atoms with Crippen molar-refractivity contribution in [3.63, 3.8) is 0 Å². The Morgan fingerprint density at radius 3 is 1.55 bits per heavy atom. The summed E-state index contributed by atoms with van der Waals surface area (Å²) in [6.45, 7) is 3.76. The summed E-state index contributed by atoms with van der Waals surface area (Å²) in [6.07, 6.45) is 7.07. The number of likely N-dealkylation sites (tertiary alicyclic amines) is 2. The summed E-state index contributed by atoms with van der Waals surface area (Å²) in [5.74, 6) is 2.24. The van der Waals surface area contributed by atoms with Crippen molar-refractivity contribution in [1.29, 1.82) is 0 Å². The largest absolute Gasteiger partial charge is 0.453 e. The number of hydrogen-bond acceptors (Lipinski definition) is 8. The van der Waals surface area contributed by atoms with Crippen molar-refractivity contribution >= 4 is 34.8 Å². The molecule has 0 spiro atoms. The number of aromatic nitrogens is 4. The maximum Gasteiger partial charge on any atom is 0.407 e. The quantitative estimate of drug-likeness (QED) is 0.112. The van der Waals surface area contributed by atoms with Crippen LogP contribution in [0.2, 0.25) is 0 Å². The molecule has 3 aromatic carbocycles. The highest BCUT2D eigenvalue weighted by molar-refractivity contribution is 5.91. The zero-order valence-corrected chi connectivity index (χ0v) is 33.0. The molecule has 2 aliphatic carbocycles. The van der Waals surface area contributed by atoms with Gasteiger partial charge in [-0.3, -0.25) is 9.59 Å². The van der Waals surface area contributed by atoms with Crippen molar-refractivity contribution in [2.45, 2.75) is 88.6 Å². The monoisotopic (exact) mass is 784 g/mol. The molecule has 0 bridgehead atoms. The lowest BCUT2D eigenvalue weighted by atomic mass is 9.98. The Hall–Kier alpha value is -6.18. The first-order chi connectivity index (χ1) is 28.2. The molecule has 14 nitrogen and oxygen atoms in total. The van der Waals surface area contributed by atoms with Crippen molar-refractivity contribution in [3.05, 3.63) is 84.7 Å². The number of benzene rings is 3. The van der Waals surface area contributed by atoms with Gasteiger partial charge in [-0.25, -0.2) is 19.6 Å². The van der Waals surface area contributed by atoms with Crippen molar-refractivity contribution in [3.8, 4) is 33.6 Å². The fraction of sp³-hybridized carbons (Fsp3) is 0.409. The molecule has 2 aliphatic heterocycles. The van der Waals surface area contributed by atoms with Gasteiger partial charge in [-0.15, -0.1) is 0 Å². The molecule has 58 heavy (non-hydrogen) atoms. The molecule has 4 N–H and O–H groups in total. The fourth-order valence-corrected chi connectivity index (χ4v) is 9.21. The number of alkyl carbamates (subject to hydrolysis) is 2. The second kappa shape index (κ2) is 15.0. The molecular formula is C44H48N8O6. The van der Waals surface area contributed by atoms with Crippen LogP contribution < -0.4 is 10.6 Å². The zero-order valence-electron chi connectivity index (χ0n) is 33.0. The SMILES string of the molecule is CC[C@H](NC(=O)OC)C(=O)N1[C@@H]2C[C@@H]2C[C@H]1c1ncc(-c2ccc(-c3ccc4cc(-c5cnc([C@@H]6C[C@H]7C[C@H]7N6C(=O)[C@H](CC)NC(=O)OC)[nH]5)ccc4c3)cc2)[nH]1. The van der Waals surface area contributed by atoms with Crippen LogP contribution in [0.4, 0.5) is 9.59 Å². The molecule has 2 saturated heterocycles. The molecule has 4 fully saturated rings. The van der Waals surface area contributed by atoms with E-state index < -0.39 is 24.3 Å². The standard InChI is InChI=1S/C44H48N8O6/c1-5-31(49-43(55)57-3)41(53)51-35-17-29(35)19-37(51)39-45-21-33(47-39)24-9-7-23(8-10-24)25-11-12-27-16-28(14-13-26(27)15-25)34-22-46-40(48-34)38-20-30-18-36(30)52(38)42(54)32(6-2)50-44(56)58-4/h7-16,21-22,29-32,35-38H,5-6,17-20H2,1-4H3,(H,45,47)(H,46,48)(H,49,55)(H,50,56)/t29-,30-,31+,32+,35-,36-,37+,38+/m1/s1. The van der Waals surface area contributed by atoms with Gasteiger partial charge in [0, 0.05) is 17.6 Å². The summed E-state index contributed by atoms with van der Waals surface area (Å²) in [4.78, 5) is 71.3. The smallest absolute Gasteiger partial charge is 0.407 e. The summed E-state index contributed by atoms with van der Waals surface area (Å²) < 4.78 is 9.51. The molecule has 9 rings (SSSR count). The van der Waals surface area contributed by atoms with Gasteiger partial charge in [0.05, 0.1) is 50.1 Å². The highest BCUT2D eigenvalue weighted by Crippen LogP contribution is 2.54. The predicted molar refractivity (Wildman–Crippen MR) is 216 cm³/mol. The minimum absolute atomic E-state index is 0.0948. The van der Waals surface area contributed by atoms with Gasteiger partial charge in [-0.2, -0.15) is 0 Å². The van der Waals surface area contributed by atoms with E-state index >= 15 is 0 Å². The lowest BCUT2D eigenvalue weighted by molar-refractivity contribution is -0.136. The van der Waals surface area contributed by atoms with Crippen molar-refractivity contribution in [1.82, 2.24) is 40.4 Å². The van der Waals surface area contributed by atoms with Gasteiger partial charge in [0.15, 0.2) is 0 Å². The summed E-state index contributed by atoms with van der Waals surface area (Å²) in [5.41, 5.74) is 5.96. The Morgan fingerprint density at radius 2 is 1.07 bits per heavy atom. The summed E-state index contributed by atoms with van der Waals surface area (Å²) in [5, 5.41) is 7.59. The average molecular weight is 785 g/mol. The number of fused-ring (bicyclic) bond motifs is 3. The van der Waals surface area contributed by atoms with E-state index in [1.807, 2.05) is 36.0 Å². The molecule has 14 heteroatoms. The molecule has 4 aliphatic rings. The number of amides is 4. The molecule has 4 heterocycles. The van der Waals surface area contributed by atoms with Crippen LogP contribution in [-0.4, -0.2) is 92.1 Å². The van der Waals surface area contributed by atoms with Crippen molar-refractivity contribution < 1.29 is 28.7 Å². The number of carbonyl (C=O) groups excluding carboxylic acids is 4. The number of ether oxygens (including phenoxy) is 2. The number of imidazole rings is 2. The second-order valence-electron chi connectivity index (χ2n) is 16.0. The zero-order chi connectivity index (χ0) is 40.2. The van der Waals surface area contributed by atoms with Crippen molar-refractivity contribution in [2.75, 3.05) is 14.2 Å². The summed E-state index contributed by atoms with van der Waals surface area (Å²) in [7, 11) is 2.60. The van der Waals surface area contributed by atoms with Crippen molar-refractivity contribution in [2.24, 2.45) is 11.8 Å². The average Bonchev–Trinajstić information content (AvgIpc) is 3.84. The van der Waals surface area contributed by atoms with E-state index in [2.05, 4.69) is 81.3 Å². The molecule has 8 atom stereocenters. The lowest BCUT2D eigenvalue weighted by Gasteiger charge is -2.30. The molecule has 300 valence electrons. The Kier molecular flexibility index (Phi) is 9.65. The predicted octanol–water partition coefficient (Wildman–Crippen LogP) is 6.88. The number of piperidine rings is 2. The van der Waals surface area contributed by atoms with E-state index in [-0.39, 0.29) is 36.0 Å². The third-order valence-electron chi connectivity index (χ3n) is 12.6. The van der Waals surface area contributed by atoms with Crippen LogP contribution in [0.5, 0.6) is 0 Å². The maximum absolute atomic E-state index is 13.6. The minimum Gasteiger partial charge on any atom is -0.453 e. The Labute approximate surface area is 336 Å². The normalized spacial score (nSPS) is 23.8. The highest BCUT2D eigenvalue weighted by Gasteiger charge is 2.57. The molecule has 5 aromatic rings. The van der Waals surface area contributed by atoms with Gasteiger partial charge >= 0.3 is 12.2 Å².